The quantitative estimate of drug-likeness (QED) is 0.782. The van der Waals surface area contributed by atoms with E-state index in [0.29, 0.717) is 5.69 Å². The summed E-state index contributed by atoms with van der Waals surface area (Å²) in [6, 6.07) is 7.75. The SMILES string of the molecule is O=C(Nc1ccc(N2CCCCC2)cc1)c1ncc(Cl)c(Cl)c1Cl. The molecule has 3 rings (SSSR count). The van der Waals surface area contributed by atoms with Gasteiger partial charge in [0.2, 0.25) is 0 Å². The monoisotopic (exact) mass is 383 g/mol. The molecule has 24 heavy (non-hydrogen) atoms. The zero-order valence-electron chi connectivity index (χ0n) is 12.9. The van der Waals surface area contributed by atoms with Gasteiger partial charge in [-0.1, -0.05) is 34.8 Å². The molecule has 126 valence electrons. The van der Waals surface area contributed by atoms with Crippen LogP contribution in [0, 0.1) is 0 Å². The molecular formula is C17H16Cl3N3O. The second-order valence-corrected chi connectivity index (χ2v) is 6.79. The third-order valence-electron chi connectivity index (χ3n) is 3.98. The Morgan fingerprint density at radius 2 is 1.67 bits per heavy atom. The van der Waals surface area contributed by atoms with Crippen molar-refractivity contribution in [3.63, 3.8) is 0 Å². The van der Waals surface area contributed by atoms with E-state index in [2.05, 4.69) is 15.2 Å². The molecule has 1 aliphatic heterocycles. The molecule has 4 nitrogen and oxygen atoms in total. The zero-order valence-corrected chi connectivity index (χ0v) is 15.1. The first kappa shape index (κ1) is 17.3. The number of pyridine rings is 1. The highest BCUT2D eigenvalue weighted by Gasteiger charge is 2.17. The van der Waals surface area contributed by atoms with Crippen LogP contribution in [0.1, 0.15) is 29.8 Å². The summed E-state index contributed by atoms with van der Waals surface area (Å²) in [6.07, 6.45) is 5.05. The lowest BCUT2D eigenvalue weighted by Crippen LogP contribution is -2.29. The fraction of sp³-hybridized carbons (Fsp3) is 0.294. The summed E-state index contributed by atoms with van der Waals surface area (Å²) in [6.45, 7) is 2.16. The third-order valence-corrected chi connectivity index (χ3v) is 5.22. The van der Waals surface area contributed by atoms with Crippen LogP contribution >= 0.6 is 34.8 Å². The normalized spacial score (nSPS) is 14.5. The molecule has 1 fully saturated rings. The second-order valence-electron chi connectivity index (χ2n) is 5.63. The van der Waals surface area contributed by atoms with Crippen LogP contribution in [0.15, 0.2) is 30.5 Å². The van der Waals surface area contributed by atoms with Crippen molar-refractivity contribution < 1.29 is 4.79 Å². The predicted molar refractivity (Wildman–Crippen MR) is 99.7 cm³/mol. The first-order valence-corrected chi connectivity index (χ1v) is 8.85. The van der Waals surface area contributed by atoms with Crippen LogP contribution in [0.5, 0.6) is 0 Å². The first-order valence-electron chi connectivity index (χ1n) is 7.72. The minimum atomic E-state index is -0.427. The van der Waals surface area contributed by atoms with E-state index in [4.69, 9.17) is 34.8 Å². The fourth-order valence-electron chi connectivity index (χ4n) is 2.70. The Hall–Kier alpha value is -1.49. The van der Waals surface area contributed by atoms with Crippen LogP contribution in [-0.2, 0) is 0 Å². The molecule has 2 aromatic rings. The summed E-state index contributed by atoms with van der Waals surface area (Å²) in [4.78, 5) is 18.6. The molecule has 0 saturated carbocycles. The Morgan fingerprint density at radius 3 is 2.33 bits per heavy atom. The second kappa shape index (κ2) is 7.60. The Bertz CT molecular complexity index is 743. The topological polar surface area (TPSA) is 45.2 Å². The Labute approximate surface area is 155 Å². The van der Waals surface area contributed by atoms with E-state index in [-0.39, 0.29) is 20.8 Å². The van der Waals surface area contributed by atoms with Crippen molar-refractivity contribution >= 4 is 52.1 Å². The molecule has 1 saturated heterocycles. The minimum absolute atomic E-state index is 0.0474. The maximum absolute atomic E-state index is 12.3. The van der Waals surface area contributed by atoms with Crippen LogP contribution in [-0.4, -0.2) is 24.0 Å². The molecule has 1 aromatic carbocycles. The van der Waals surface area contributed by atoms with Gasteiger partial charge in [-0.3, -0.25) is 4.79 Å². The Morgan fingerprint density at radius 1 is 1.00 bits per heavy atom. The standard InChI is InChI=1S/C17H16Cl3N3O/c18-13-10-21-16(15(20)14(13)19)17(24)22-11-4-6-12(7-5-11)23-8-2-1-3-9-23/h4-7,10H,1-3,8-9H2,(H,22,24). The van der Waals surface area contributed by atoms with E-state index in [1.54, 1.807) is 0 Å². The molecule has 1 aromatic heterocycles. The lowest BCUT2D eigenvalue weighted by molar-refractivity contribution is 0.102. The van der Waals surface area contributed by atoms with E-state index < -0.39 is 5.91 Å². The van der Waals surface area contributed by atoms with E-state index >= 15 is 0 Å². The molecule has 2 heterocycles. The molecule has 0 spiro atoms. The number of anilines is 2. The van der Waals surface area contributed by atoms with Gasteiger partial charge in [-0.25, -0.2) is 4.98 Å². The molecule has 1 aliphatic rings. The molecule has 0 atom stereocenters. The van der Waals surface area contributed by atoms with Crippen molar-refractivity contribution in [3.8, 4) is 0 Å². The minimum Gasteiger partial charge on any atom is -0.372 e. The lowest BCUT2D eigenvalue weighted by atomic mass is 10.1. The largest absolute Gasteiger partial charge is 0.372 e. The number of carbonyl (C=O) groups is 1. The maximum atomic E-state index is 12.3. The number of rotatable bonds is 3. The number of hydrogen-bond donors (Lipinski definition) is 1. The zero-order chi connectivity index (χ0) is 17.1. The Kier molecular flexibility index (Phi) is 5.49. The predicted octanol–water partition coefficient (Wildman–Crippen LogP) is 5.28. The summed E-state index contributed by atoms with van der Waals surface area (Å²) in [7, 11) is 0. The molecule has 1 N–H and O–H groups in total. The summed E-state index contributed by atoms with van der Waals surface area (Å²) in [5, 5.41) is 3.15. The molecule has 1 amide bonds. The average molecular weight is 385 g/mol. The van der Waals surface area contributed by atoms with Crippen molar-refractivity contribution in [2.75, 3.05) is 23.3 Å². The van der Waals surface area contributed by atoms with Gasteiger partial charge < -0.3 is 10.2 Å². The number of nitrogens with one attached hydrogen (secondary N) is 1. The average Bonchev–Trinajstić information content (AvgIpc) is 2.61. The third kappa shape index (κ3) is 3.77. The van der Waals surface area contributed by atoms with Gasteiger partial charge in [0.25, 0.3) is 5.91 Å². The van der Waals surface area contributed by atoms with Crippen LogP contribution in [0.4, 0.5) is 11.4 Å². The van der Waals surface area contributed by atoms with Gasteiger partial charge in [0.15, 0.2) is 0 Å². The van der Waals surface area contributed by atoms with Crippen molar-refractivity contribution in [3.05, 3.63) is 51.2 Å². The van der Waals surface area contributed by atoms with Gasteiger partial charge >= 0.3 is 0 Å². The van der Waals surface area contributed by atoms with Crippen LogP contribution < -0.4 is 10.2 Å². The summed E-state index contributed by atoms with van der Waals surface area (Å²) >= 11 is 17.8. The first-order chi connectivity index (χ1) is 11.6. The number of carbonyl (C=O) groups excluding carboxylic acids is 1. The molecule has 0 aliphatic carbocycles. The molecule has 7 heteroatoms. The van der Waals surface area contributed by atoms with Crippen molar-refractivity contribution in [2.24, 2.45) is 0 Å². The molecule has 0 unspecified atom stereocenters. The smallest absolute Gasteiger partial charge is 0.275 e. The fourth-order valence-corrected chi connectivity index (χ4v) is 3.27. The Balaban J connectivity index is 1.72. The summed E-state index contributed by atoms with van der Waals surface area (Å²) in [5.41, 5.74) is 1.88. The van der Waals surface area contributed by atoms with Gasteiger partial charge in [0.05, 0.1) is 15.1 Å². The summed E-state index contributed by atoms with van der Waals surface area (Å²) in [5.74, 6) is -0.427. The van der Waals surface area contributed by atoms with Crippen molar-refractivity contribution in [1.29, 1.82) is 0 Å². The van der Waals surface area contributed by atoms with Gasteiger partial charge in [0.1, 0.15) is 5.69 Å². The highest BCUT2D eigenvalue weighted by Crippen LogP contribution is 2.31. The molecule has 0 radical (unpaired) electrons. The number of nitrogens with zero attached hydrogens (tertiary/aromatic N) is 2. The van der Waals surface area contributed by atoms with Crippen LogP contribution in [0.25, 0.3) is 0 Å². The number of halogens is 3. The van der Waals surface area contributed by atoms with E-state index in [1.165, 1.54) is 31.1 Å². The summed E-state index contributed by atoms with van der Waals surface area (Å²) < 4.78 is 0. The van der Waals surface area contributed by atoms with Gasteiger partial charge in [-0.05, 0) is 43.5 Å². The van der Waals surface area contributed by atoms with E-state index in [1.807, 2.05) is 24.3 Å². The van der Waals surface area contributed by atoms with Crippen LogP contribution in [0.3, 0.4) is 0 Å². The number of benzene rings is 1. The number of piperidine rings is 1. The van der Waals surface area contributed by atoms with Gasteiger partial charge in [-0.15, -0.1) is 0 Å². The maximum Gasteiger partial charge on any atom is 0.275 e. The lowest BCUT2D eigenvalue weighted by Gasteiger charge is -2.28. The highest BCUT2D eigenvalue weighted by atomic mass is 35.5. The number of amides is 1. The van der Waals surface area contributed by atoms with E-state index in [0.717, 1.165) is 13.1 Å². The molecular weight excluding hydrogens is 369 g/mol. The number of hydrogen-bond acceptors (Lipinski definition) is 3. The van der Waals surface area contributed by atoms with E-state index in [9.17, 15) is 4.79 Å². The van der Waals surface area contributed by atoms with Gasteiger partial charge in [0, 0.05) is 30.7 Å². The number of aromatic nitrogens is 1. The van der Waals surface area contributed by atoms with Crippen molar-refractivity contribution in [2.45, 2.75) is 19.3 Å². The van der Waals surface area contributed by atoms with Crippen molar-refractivity contribution in [1.82, 2.24) is 4.98 Å². The van der Waals surface area contributed by atoms with Crippen LogP contribution in [0.2, 0.25) is 15.1 Å². The highest BCUT2D eigenvalue weighted by molar-refractivity contribution is 6.49. The van der Waals surface area contributed by atoms with Gasteiger partial charge in [-0.2, -0.15) is 0 Å². The molecule has 0 bridgehead atoms.